The fraction of sp³-hybridized carbons (Fsp3) is 0.548. The molecule has 0 spiro atoms. The van der Waals surface area contributed by atoms with E-state index in [4.69, 9.17) is 18.9 Å². The molecule has 0 aromatic heterocycles. The first kappa shape index (κ1) is 31.1. The minimum Gasteiger partial charge on any atom is -0.493 e. The van der Waals surface area contributed by atoms with E-state index in [-0.39, 0.29) is 36.3 Å². The van der Waals surface area contributed by atoms with Gasteiger partial charge in [0.2, 0.25) is 5.91 Å². The van der Waals surface area contributed by atoms with Crippen LogP contribution in [0.2, 0.25) is 0 Å². The van der Waals surface area contributed by atoms with Gasteiger partial charge in [-0.1, -0.05) is 34.1 Å². The summed E-state index contributed by atoms with van der Waals surface area (Å²) >= 11 is 3.29. The Labute approximate surface area is 250 Å². The Bertz CT molecular complexity index is 1200. The molecule has 2 amide bonds. The Kier molecular flexibility index (Phi) is 10.5. The summed E-state index contributed by atoms with van der Waals surface area (Å²) in [5.74, 6) is 0.879. The minimum absolute atomic E-state index is 0.106. The standard InChI is InChI=1S/C31H40BrFN2O6/c1-31(2,3)41-30(37)35(18-22-9-12-23(32)17-26(22)33)24-13-10-21(11-14-24)29(36)34-15-16-39-25(19-34)20-40-28-8-6-5-7-27(28)38-4/h5-9,12,17,21,24-25H,10-11,13-16,18-20H2,1-4H3. The van der Waals surface area contributed by atoms with Crippen molar-refractivity contribution >= 4 is 27.9 Å². The van der Waals surface area contributed by atoms with Gasteiger partial charge >= 0.3 is 6.09 Å². The second-order valence-electron chi connectivity index (χ2n) is 11.6. The van der Waals surface area contributed by atoms with Gasteiger partial charge in [-0.2, -0.15) is 0 Å². The molecule has 2 aromatic rings. The molecule has 2 aromatic carbocycles. The molecule has 2 fully saturated rings. The van der Waals surface area contributed by atoms with Gasteiger partial charge < -0.3 is 28.7 Å². The van der Waals surface area contributed by atoms with E-state index in [2.05, 4.69) is 15.9 Å². The number of nitrogens with zero attached hydrogens (tertiary/aromatic N) is 2. The van der Waals surface area contributed by atoms with Gasteiger partial charge in [-0.15, -0.1) is 0 Å². The van der Waals surface area contributed by atoms with Crippen molar-refractivity contribution in [1.29, 1.82) is 0 Å². The van der Waals surface area contributed by atoms with Crippen molar-refractivity contribution in [2.45, 2.75) is 70.7 Å². The molecule has 0 bridgehead atoms. The molecule has 224 valence electrons. The molecule has 41 heavy (non-hydrogen) atoms. The van der Waals surface area contributed by atoms with Crippen LogP contribution in [0, 0.1) is 11.7 Å². The van der Waals surface area contributed by atoms with Crippen molar-refractivity contribution in [3.8, 4) is 11.5 Å². The number of morpholine rings is 1. The van der Waals surface area contributed by atoms with Crippen molar-refractivity contribution in [2.75, 3.05) is 33.4 Å². The molecule has 1 atom stereocenters. The van der Waals surface area contributed by atoms with Crippen LogP contribution < -0.4 is 9.47 Å². The number of benzene rings is 2. The lowest BCUT2D eigenvalue weighted by molar-refractivity contribution is -0.145. The third kappa shape index (κ3) is 8.58. The number of methoxy groups -OCH3 is 1. The molecule has 2 aliphatic rings. The van der Waals surface area contributed by atoms with E-state index in [1.165, 1.54) is 6.07 Å². The van der Waals surface area contributed by atoms with Crippen LogP contribution in [0.15, 0.2) is 46.9 Å². The molecule has 1 aliphatic heterocycles. The molecule has 8 nitrogen and oxygen atoms in total. The van der Waals surface area contributed by atoms with Crippen molar-refractivity contribution in [1.82, 2.24) is 9.80 Å². The third-order valence-electron chi connectivity index (χ3n) is 7.41. The van der Waals surface area contributed by atoms with E-state index in [1.54, 1.807) is 24.1 Å². The van der Waals surface area contributed by atoms with Gasteiger partial charge in [0.05, 0.1) is 26.8 Å². The first-order valence-corrected chi connectivity index (χ1v) is 14.9. The number of ether oxygens (including phenoxy) is 4. The zero-order chi connectivity index (χ0) is 29.6. The van der Waals surface area contributed by atoms with Crippen LogP contribution in [0.1, 0.15) is 52.0 Å². The number of hydrogen-bond donors (Lipinski definition) is 0. The Morgan fingerprint density at radius 2 is 1.80 bits per heavy atom. The Morgan fingerprint density at radius 1 is 1.10 bits per heavy atom. The SMILES string of the molecule is COc1ccccc1OCC1CN(C(=O)C2CCC(N(Cc3ccc(Br)cc3F)C(=O)OC(C)(C)C)CC2)CCO1. The second kappa shape index (κ2) is 13.9. The molecule has 1 saturated heterocycles. The van der Waals surface area contributed by atoms with Gasteiger partial charge in [0, 0.05) is 28.5 Å². The average molecular weight is 636 g/mol. The predicted octanol–water partition coefficient (Wildman–Crippen LogP) is 6.20. The number of halogens is 2. The zero-order valence-corrected chi connectivity index (χ0v) is 25.8. The van der Waals surface area contributed by atoms with Crippen molar-refractivity contribution in [2.24, 2.45) is 5.92 Å². The summed E-state index contributed by atoms with van der Waals surface area (Å²) in [7, 11) is 1.60. The number of hydrogen-bond acceptors (Lipinski definition) is 6. The summed E-state index contributed by atoms with van der Waals surface area (Å²) in [6.45, 7) is 7.31. The molecule has 1 aliphatic carbocycles. The van der Waals surface area contributed by atoms with E-state index in [9.17, 15) is 14.0 Å². The number of para-hydroxylation sites is 2. The number of rotatable bonds is 8. The topological polar surface area (TPSA) is 77.5 Å². The normalized spacial score (nSPS) is 21.2. The highest BCUT2D eigenvalue weighted by Gasteiger charge is 2.36. The largest absolute Gasteiger partial charge is 0.493 e. The first-order valence-electron chi connectivity index (χ1n) is 14.1. The fourth-order valence-corrected chi connectivity index (χ4v) is 5.66. The van der Waals surface area contributed by atoms with Crippen molar-refractivity contribution in [3.05, 3.63) is 58.3 Å². The summed E-state index contributed by atoms with van der Waals surface area (Å²) < 4.78 is 38.2. The molecule has 1 saturated carbocycles. The summed E-state index contributed by atoms with van der Waals surface area (Å²) in [4.78, 5) is 30.2. The van der Waals surface area contributed by atoms with E-state index in [1.807, 2.05) is 49.9 Å². The van der Waals surface area contributed by atoms with Crippen LogP contribution in [0.25, 0.3) is 0 Å². The van der Waals surface area contributed by atoms with Crippen LogP contribution >= 0.6 is 15.9 Å². The predicted molar refractivity (Wildman–Crippen MR) is 156 cm³/mol. The van der Waals surface area contributed by atoms with E-state index < -0.39 is 11.7 Å². The van der Waals surface area contributed by atoms with Crippen LogP contribution in [-0.4, -0.2) is 73.0 Å². The highest BCUT2D eigenvalue weighted by Crippen LogP contribution is 2.32. The highest BCUT2D eigenvalue weighted by molar-refractivity contribution is 9.10. The van der Waals surface area contributed by atoms with Crippen molar-refractivity contribution < 1.29 is 32.9 Å². The molecule has 0 N–H and O–H groups in total. The monoisotopic (exact) mass is 634 g/mol. The third-order valence-corrected chi connectivity index (χ3v) is 7.91. The van der Waals surface area contributed by atoms with E-state index in [0.29, 0.717) is 73.5 Å². The van der Waals surface area contributed by atoms with Gasteiger partial charge in [-0.25, -0.2) is 9.18 Å². The number of carbonyl (C=O) groups is 2. The van der Waals surface area contributed by atoms with Gasteiger partial charge in [-0.3, -0.25) is 4.79 Å². The zero-order valence-electron chi connectivity index (χ0n) is 24.2. The molecule has 4 rings (SSSR count). The summed E-state index contributed by atoms with van der Waals surface area (Å²) in [6.07, 6.45) is 1.85. The van der Waals surface area contributed by atoms with Gasteiger partial charge in [0.25, 0.3) is 0 Å². The smallest absolute Gasteiger partial charge is 0.410 e. The number of carbonyl (C=O) groups excluding carboxylic acids is 2. The summed E-state index contributed by atoms with van der Waals surface area (Å²) in [5, 5.41) is 0. The Hall–Kier alpha value is -2.85. The molecule has 0 radical (unpaired) electrons. The summed E-state index contributed by atoms with van der Waals surface area (Å²) in [5.41, 5.74) is -0.254. The van der Waals surface area contributed by atoms with Gasteiger partial charge in [0.15, 0.2) is 11.5 Å². The lowest BCUT2D eigenvalue weighted by Crippen LogP contribution is -2.51. The quantitative estimate of drug-likeness (QED) is 0.344. The lowest BCUT2D eigenvalue weighted by atomic mass is 9.84. The van der Waals surface area contributed by atoms with E-state index in [0.717, 1.165) is 0 Å². The molecule has 10 heteroatoms. The molecule has 1 unspecified atom stereocenters. The van der Waals surface area contributed by atoms with E-state index >= 15 is 0 Å². The number of amides is 2. The highest BCUT2D eigenvalue weighted by atomic mass is 79.9. The fourth-order valence-electron chi connectivity index (χ4n) is 5.33. The minimum atomic E-state index is -0.678. The molecular formula is C31H40BrFN2O6. The van der Waals surface area contributed by atoms with Gasteiger partial charge in [0.1, 0.15) is 24.1 Å². The van der Waals surface area contributed by atoms with Crippen LogP contribution in [0.4, 0.5) is 9.18 Å². The second-order valence-corrected chi connectivity index (χ2v) is 12.5. The maximum absolute atomic E-state index is 14.7. The molecular weight excluding hydrogens is 595 g/mol. The van der Waals surface area contributed by atoms with Crippen LogP contribution in [0.5, 0.6) is 11.5 Å². The average Bonchev–Trinajstić information content (AvgIpc) is 2.95. The Balaban J connectivity index is 1.35. The maximum atomic E-state index is 14.7. The van der Waals surface area contributed by atoms with Gasteiger partial charge in [-0.05, 0) is 70.7 Å². The summed E-state index contributed by atoms with van der Waals surface area (Å²) in [6, 6.07) is 12.1. The molecule has 1 heterocycles. The van der Waals surface area contributed by atoms with Crippen molar-refractivity contribution in [3.63, 3.8) is 0 Å². The first-order chi connectivity index (χ1) is 19.5. The lowest BCUT2D eigenvalue weighted by Gasteiger charge is -2.39. The maximum Gasteiger partial charge on any atom is 0.410 e. The van der Waals surface area contributed by atoms with Crippen LogP contribution in [0.3, 0.4) is 0 Å². The Morgan fingerprint density at radius 3 is 2.46 bits per heavy atom. The van der Waals surface area contributed by atoms with Crippen LogP contribution in [-0.2, 0) is 20.8 Å².